The largest absolute Gasteiger partial charge is 0.313 e. The normalized spacial score (nSPS) is 11.2. The second-order valence-corrected chi connectivity index (χ2v) is 10.9. The zero-order chi connectivity index (χ0) is 27.9. The first-order valence-corrected chi connectivity index (χ1v) is 15.3. The molecule has 0 unspecified atom stereocenters. The molecular formula is C34H49N3O2. The number of hydrogen-bond donors (Lipinski definition) is 0. The Hall–Kier alpha value is -3.08. The fourth-order valence-corrected chi connectivity index (χ4v) is 5.43. The summed E-state index contributed by atoms with van der Waals surface area (Å²) in [7, 11) is 1.90. The van der Waals surface area contributed by atoms with Crippen molar-refractivity contribution in [3.8, 4) is 16.9 Å². The SMILES string of the molecule is CCCCCCCCCCCCCCCCN(C(C)=O)c1cccc(-c2cc(=O)n(-c3ccccc3)n2C)c1. The van der Waals surface area contributed by atoms with Gasteiger partial charge >= 0.3 is 0 Å². The van der Waals surface area contributed by atoms with Gasteiger partial charge in [0, 0.05) is 37.8 Å². The molecule has 3 rings (SSSR count). The Labute approximate surface area is 235 Å². The Bertz CT molecular complexity index is 1180. The fraction of sp³-hybridized carbons (Fsp3) is 0.529. The van der Waals surface area contributed by atoms with Gasteiger partial charge in [0.2, 0.25) is 5.91 Å². The van der Waals surface area contributed by atoms with Gasteiger partial charge < -0.3 is 4.90 Å². The number of para-hydroxylation sites is 1. The summed E-state index contributed by atoms with van der Waals surface area (Å²) >= 11 is 0. The predicted octanol–water partition coefficient (Wildman–Crippen LogP) is 8.68. The lowest BCUT2D eigenvalue weighted by molar-refractivity contribution is -0.116. The van der Waals surface area contributed by atoms with E-state index in [-0.39, 0.29) is 11.5 Å². The van der Waals surface area contributed by atoms with Gasteiger partial charge in [-0.05, 0) is 30.7 Å². The lowest BCUT2D eigenvalue weighted by atomic mass is 10.0. The van der Waals surface area contributed by atoms with E-state index in [0.717, 1.165) is 42.0 Å². The number of anilines is 1. The highest BCUT2D eigenvalue weighted by Crippen LogP contribution is 2.25. The second-order valence-electron chi connectivity index (χ2n) is 10.9. The van der Waals surface area contributed by atoms with Crippen LogP contribution in [-0.2, 0) is 11.8 Å². The number of rotatable bonds is 18. The molecule has 5 nitrogen and oxygen atoms in total. The van der Waals surface area contributed by atoms with Gasteiger partial charge in [0.05, 0.1) is 11.4 Å². The van der Waals surface area contributed by atoms with E-state index in [1.807, 2.05) is 71.2 Å². The minimum Gasteiger partial charge on any atom is -0.313 e. The number of aromatic nitrogens is 2. The zero-order valence-electron chi connectivity index (χ0n) is 24.5. The Balaban J connectivity index is 1.45. The third-order valence-electron chi connectivity index (χ3n) is 7.69. The Morgan fingerprint density at radius 1 is 0.718 bits per heavy atom. The molecule has 3 aromatic rings. The maximum atomic E-state index is 12.8. The Kier molecular flexibility index (Phi) is 13.1. The number of nitrogens with zero attached hydrogens (tertiary/aromatic N) is 3. The van der Waals surface area contributed by atoms with Crippen LogP contribution in [0.3, 0.4) is 0 Å². The number of carbonyl (C=O) groups is 1. The number of hydrogen-bond acceptors (Lipinski definition) is 2. The van der Waals surface area contributed by atoms with Crippen molar-refractivity contribution in [2.45, 2.75) is 104 Å². The summed E-state index contributed by atoms with van der Waals surface area (Å²) in [6.45, 7) is 4.63. The minimum atomic E-state index is -0.0741. The molecule has 0 aliphatic carbocycles. The van der Waals surface area contributed by atoms with Gasteiger partial charge in [0.1, 0.15) is 0 Å². The topological polar surface area (TPSA) is 47.2 Å². The first-order chi connectivity index (χ1) is 19.0. The van der Waals surface area contributed by atoms with Crippen LogP contribution < -0.4 is 10.5 Å². The van der Waals surface area contributed by atoms with E-state index in [1.165, 1.54) is 77.0 Å². The van der Waals surface area contributed by atoms with Crippen molar-refractivity contribution in [3.05, 3.63) is 71.0 Å². The van der Waals surface area contributed by atoms with Crippen molar-refractivity contribution in [1.82, 2.24) is 9.36 Å². The molecule has 1 amide bonds. The van der Waals surface area contributed by atoms with Crippen LogP contribution in [-0.4, -0.2) is 21.8 Å². The smallest absolute Gasteiger partial charge is 0.271 e. The Morgan fingerprint density at radius 3 is 1.85 bits per heavy atom. The van der Waals surface area contributed by atoms with Gasteiger partial charge in [-0.25, -0.2) is 4.68 Å². The summed E-state index contributed by atoms with van der Waals surface area (Å²) in [5.74, 6) is 0.0533. The molecular weight excluding hydrogens is 482 g/mol. The molecule has 0 bridgehead atoms. The third kappa shape index (κ3) is 9.56. The van der Waals surface area contributed by atoms with E-state index >= 15 is 0 Å². The van der Waals surface area contributed by atoms with E-state index in [0.29, 0.717) is 0 Å². The number of carbonyl (C=O) groups excluding carboxylic acids is 1. The number of unbranched alkanes of at least 4 members (excludes halogenated alkanes) is 13. The van der Waals surface area contributed by atoms with Crippen molar-refractivity contribution in [2.24, 2.45) is 7.05 Å². The molecule has 0 aliphatic heterocycles. The highest BCUT2D eigenvalue weighted by atomic mass is 16.2. The molecule has 39 heavy (non-hydrogen) atoms. The monoisotopic (exact) mass is 531 g/mol. The summed E-state index contributed by atoms with van der Waals surface area (Å²) < 4.78 is 3.54. The number of amides is 1. The summed E-state index contributed by atoms with van der Waals surface area (Å²) in [5.41, 5.74) is 3.39. The average Bonchev–Trinajstić information content (AvgIpc) is 3.24. The zero-order valence-corrected chi connectivity index (χ0v) is 24.5. The van der Waals surface area contributed by atoms with Crippen LogP contribution in [0.5, 0.6) is 0 Å². The molecule has 212 valence electrons. The van der Waals surface area contributed by atoms with Gasteiger partial charge in [-0.2, -0.15) is 0 Å². The average molecular weight is 532 g/mol. The van der Waals surface area contributed by atoms with Gasteiger partial charge in [-0.3, -0.25) is 14.3 Å². The van der Waals surface area contributed by atoms with Crippen molar-refractivity contribution in [3.63, 3.8) is 0 Å². The maximum absolute atomic E-state index is 12.8. The van der Waals surface area contributed by atoms with Crippen molar-refractivity contribution < 1.29 is 4.79 Å². The molecule has 0 spiro atoms. The quantitative estimate of drug-likeness (QED) is 0.154. The fourth-order valence-electron chi connectivity index (χ4n) is 5.43. The lowest BCUT2D eigenvalue weighted by Gasteiger charge is -2.22. The van der Waals surface area contributed by atoms with Crippen LogP contribution in [0.1, 0.15) is 104 Å². The molecule has 0 N–H and O–H groups in total. The molecule has 0 saturated carbocycles. The van der Waals surface area contributed by atoms with Gasteiger partial charge in [0.15, 0.2) is 0 Å². The summed E-state index contributed by atoms with van der Waals surface area (Å²) in [6, 6.07) is 19.3. The van der Waals surface area contributed by atoms with Crippen molar-refractivity contribution in [1.29, 1.82) is 0 Å². The standard InChI is InChI=1S/C34H49N3O2/c1-4-5-6-7-8-9-10-11-12-13-14-15-16-20-26-36(29(2)38)32-25-21-22-30(27-32)33-28-34(39)37(35(33)3)31-23-18-17-19-24-31/h17-19,21-25,27-28H,4-16,20,26H2,1-3H3. The van der Waals surface area contributed by atoms with Crippen LogP contribution in [0.15, 0.2) is 65.5 Å². The summed E-state index contributed by atoms with van der Waals surface area (Å²) in [5, 5.41) is 0. The van der Waals surface area contributed by atoms with Gasteiger partial charge in [-0.15, -0.1) is 0 Å². The first-order valence-electron chi connectivity index (χ1n) is 15.3. The van der Waals surface area contributed by atoms with E-state index in [2.05, 4.69) is 6.92 Å². The molecule has 1 aromatic heterocycles. The molecule has 0 radical (unpaired) electrons. The highest BCUT2D eigenvalue weighted by molar-refractivity contribution is 5.92. The summed E-state index contributed by atoms with van der Waals surface area (Å²) in [4.78, 5) is 27.2. The second kappa shape index (κ2) is 16.8. The third-order valence-corrected chi connectivity index (χ3v) is 7.69. The first kappa shape index (κ1) is 30.5. The van der Waals surface area contributed by atoms with Gasteiger partial charge in [-0.1, -0.05) is 121 Å². The molecule has 0 fully saturated rings. The van der Waals surface area contributed by atoms with Crippen molar-refractivity contribution >= 4 is 11.6 Å². The van der Waals surface area contributed by atoms with E-state index in [1.54, 1.807) is 17.7 Å². The molecule has 0 saturated heterocycles. The predicted molar refractivity (Wildman–Crippen MR) is 165 cm³/mol. The lowest BCUT2D eigenvalue weighted by Crippen LogP contribution is -2.29. The minimum absolute atomic E-state index is 0.0533. The van der Waals surface area contributed by atoms with E-state index < -0.39 is 0 Å². The van der Waals surface area contributed by atoms with Crippen molar-refractivity contribution in [2.75, 3.05) is 11.4 Å². The van der Waals surface area contributed by atoms with Crippen LogP contribution in [0.4, 0.5) is 5.69 Å². The van der Waals surface area contributed by atoms with Crippen LogP contribution in [0, 0.1) is 0 Å². The van der Waals surface area contributed by atoms with Crippen LogP contribution >= 0.6 is 0 Å². The maximum Gasteiger partial charge on any atom is 0.271 e. The van der Waals surface area contributed by atoms with E-state index in [4.69, 9.17) is 0 Å². The van der Waals surface area contributed by atoms with E-state index in [9.17, 15) is 9.59 Å². The Morgan fingerprint density at radius 2 is 1.28 bits per heavy atom. The molecule has 0 atom stereocenters. The van der Waals surface area contributed by atoms with Gasteiger partial charge in [0.25, 0.3) is 5.56 Å². The van der Waals surface area contributed by atoms with Crippen LogP contribution in [0.25, 0.3) is 16.9 Å². The van der Waals surface area contributed by atoms with Crippen LogP contribution in [0.2, 0.25) is 0 Å². The molecule has 2 aromatic carbocycles. The summed E-state index contributed by atoms with van der Waals surface area (Å²) in [6.07, 6.45) is 18.5. The highest BCUT2D eigenvalue weighted by Gasteiger charge is 2.15. The molecule has 0 aliphatic rings. The molecule has 5 heteroatoms. The number of benzene rings is 2. The molecule has 1 heterocycles.